The van der Waals surface area contributed by atoms with Gasteiger partial charge < -0.3 is 9.84 Å². The topological polar surface area (TPSA) is 72.3 Å². The van der Waals surface area contributed by atoms with Gasteiger partial charge in [-0.1, -0.05) is 6.07 Å². The van der Waals surface area contributed by atoms with Crippen LogP contribution in [-0.2, 0) is 11.2 Å². The molecule has 0 aliphatic carbocycles. The molecular weight excluding hydrogens is 410 g/mol. The number of aliphatic hydroxyl groups excluding tert-OH is 1. The van der Waals surface area contributed by atoms with Gasteiger partial charge in [0, 0.05) is 30.6 Å². The Bertz CT molecular complexity index is 1040. The van der Waals surface area contributed by atoms with Crippen molar-refractivity contribution in [2.75, 3.05) is 0 Å². The number of hydrogen-bond acceptors (Lipinski definition) is 6. The zero-order valence-corrected chi connectivity index (χ0v) is 17.0. The molecule has 8 heteroatoms. The van der Waals surface area contributed by atoms with E-state index < -0.39 is 17.7 Å². The van der Waals surface area contributed by atoms with E-state index in [4.69, 9.17) is 4.74 Å². The molecule has 0 radical (unpaired) electrons. The Kier molecular flexibility index (Phi) is 5.99. The molecule has 3 heterocycles. The number of carbonyl (C=O) groups is 1. The molecule has 30 heavy (non-hydrogen) atoms. The number of nitrogens with zero attached hydrogens (tertiary/aromatic N) is 2. The number of halogens is 2. The highest BCUT2D eigenvalue weighted by Crippen LogP contribution is 2.34. The van der Waals surface area contributed by atoms with Crippen LogP contribution in [0, 0.1) is 11.6 Å². The van der Waals surface area contributed by atoms with E-state index in [0.717, 1.165) is 29.0 Å². The van der Waals surface area contributed by atoms with Gasteiger partial charge in [-0.05, 0) is 42.7 Å². The third-order valence-electron chi connectivity index (χ3n) is 5.09. The summed E-state index contributed by atoms with van der Waals surface area (Å²) in [6, 6.07) is 5.38. The van der Waals surface area contributed by atoms with E-state index >= 15 is 0 Å². The number of benzene rings is 1. The molecular formula is C22H20F2N2O3S. The molecule has 1 aliphatic heterocycles. The molecule has 0 unspecified atom stereocenters. The molecule has 3 atom stereocenters. The second-order valence-corrected chi connectivity index (χ2v) is 8.23. The lowest BCUT2D eigenvalue weighted by Crippen LogP contribution is -2.30. The second-order valence-electron chi connectivity index (χ2n) is 7.37. The van der Waals surface area contributed by atoms with Gasteiger partial charge in [0.15, 0.2) is 5.78 Å². The Morgan fingerprint density at radius 1 is 1.27 bits per heavy atom. The summed E-state index contributed by atoms with van der Waals surface area (Å²) in [7, 11) is 0. The molecule has 5 nitrogen and oxygen atoms in total. The maximum Gasteiger partial charge on any atom is 0.186 e. The van der Waals surface area contributed by atoms with Gasteiger partial charge in [0.1, 0.15) is 22.3 Å². The molecule has 3 aromatic rings. The summed E-state index contributed by atoms with van der Waals surface area (Å²) in [6.07, 6.45) is 3.39. The first-order chi connectivity index (χ1) is 14.4. The van der Waals surface area contributed by atoms with Crippen molar-refractivity contribution in [1.82, 2.24) is 9.97 Å². The van der Waals surface area contributed by atoms with Crippen molar-refractivity contribution in [3.8, 4) is 10.6 Å². The summed E-state index contributed by atoms with van der Waals surface area (Å²) in [5.41, 5.74) is 1.40. The molecule has 2 aromatic heterocycles. The number of aromatic nitrogens is 2. The summed E-state index contributed by atoms with van der Waals surface area (Å²) in [5, 5.41) is 11.7. The van der Waals surface area contributed by atoms with Crippen LogP contribution in [0.3, 0.4) is 0 Å². The fraction of sp³-hybridized carbons (Fsp3) is 0.318. The van der Waals surface area contributed by atoms with E-state index in [9.17, 15) is 18.7 Å². The van der Waals surface area contributed by atoms with Crippen molar-refractivity contribution in [1.29, 1.82) is 0 Å². The van der Waals surface area contributed by atoms with Gasteiger partial charge in [-0.25, -0.2) is 13.8 Å². The van der Waals surface area contributed by atoms with Crippen LogP contribution in [0.5, 0.6) is 0 Å². The highest BCUT2D eigenvalue weighted by atomic mass is 32.1. The Labute approximate surface area is 176 Å². The minimum atomic E-state index is -0.722. The largest absolute Gasteiger partial charge is 0.393 e. The monoisotopic (exact) mass is 430 g/mol. The second kappa shape index (κ2) is 8.67. The molecule has 0 saturated carbocycles. The number of aliphatic hydroxyl groups is 1. The van der Waals surface area contributed by atoms with Crippen LogP contribution in [0.1, 0.15) is 47.5 Å². The lowest BCUT2D eigenvalue weighted by atomic mass is 9.92. The van der Waals surface area contributed by atoms with E-state index in [1.165, 1.54) is 11.4 Å². The predicted octanol–water partition coefficient (Wildman–Crippen LogP) is 4.51. The summed E-state index contributed by atoms with van der Waals surface area (Å²) in [4.78, 5) is 21.1. The Morgan fingerprint density at radius 2 is 2.03 bits per heavy atom. The van der Waals surface area contributed by atoms with Gasteiger partial charge in [0.2, 0.25) is 0 Å². The first-order valence-corrected chi connectivity index (χ1v) is 10.5. The van der Waals surface area contributed by atoms with Crippen LogP contribution in [0.25, 0.3) is 10.6 Å². The minimum absolute atomic E-state index is 0.0242. The lowest BCUT2D eigenvalue weighted by Gasteiger charge is -2.32. The Hall–Kier alpha value is -2.55. The molecule has 1 N–H and O–H groups in total. The Balaban J connectivity index is 1.57. The van der Waals surface area contributed by atoms with Crippen LogP contribution in [-0.4, -0.2) is 33.1 Å². The number of pyridine rings is 1. The fourth-order valence-corrected chi connectivity index (χ4v) is 4.57. The normalized spacial score (nSPS) is 21.5. The summed E-state index contributed by atoms with van der Waals surface area (Å²) in [6.45, 7) is 1.90. The summed E-state index contributed by atoms with van der Waals surface area (Å²) >= 11 is 1.02. The molecule has 1 saturated heterocycles. The van der Waals surface area contributed by atoms with Crippen LogP contribution in [0.4, 0.5) is 8.78 Å². The highest BCUT2D eigenvalue weighted by molar-refractivity contribution is 7.13. The lowest BCUT2D eigenvalue weighted by molar-refractivity contribution is -0.0898. The Morgan fingerprint density at radius 3 is 2.77 bits per heavy atom. The third kappa shape index (κ3) is 4.30. The number of thiazole rings is 1. The first-order valence-electron chi connectivity index (χ1n) is 9.61. The average molecular weight is 430 g/mol. The molecule has 0 spiro atoms. The van der Waals surface area contributed by atoms with E-state index in [1.807, 2.05) is 6.92 Å². The van der Waals surface area contributed by atoms with Crippen molar-refractivity contribution in [3.05, 3.63) is 70.5 Å². The number of ketones is 1. The summed E-state index contributed by atoms with van der Waals surface area (Å²) < 4.78 is 34.0. The molecule has 1 aromatic carbocycles. The molecule has 1 aliphatic rings. The van der Waals surface area contributed by atoms with Gasteiger partial charge in [-0.15, -0.1) is 11.3 Å². The number of rotatable bonds is 5. The molecule has 0 amide bonds. The maximum atomic E-state index is 14.0. The van der Waals surface area contributed by atoms with Gasteiger partial charge in [-0.3, -0.25) is 9.78 Å². The quantitative estimate of drug-likeness (QED) is 0.603. The van der Waals surface area contributed by atoms with Gasteiger partial charge in [-0.2, -0.15) is 0 Å². The smallest absolute Gasteiger partial charge is 0.186 e. The van der Waals surface area contributed by atoms with Gasteiger partial charge in [0.05, 0.1) is 23.9 Å². The molecule has 156 valence electrons. The van der Waals surface area contributed by atoms with E-state index in [1.54, 1.807) is 18.5 Å². The average Bonchev–Trinajstić information content (AvgIpc) is 3.17. The van der Waals surface area contributed by atoms with Crippen molar-refractivity contribution in [2.24, 2.45) is 0 Å². The van der Waals surface area contributed by atoms with Crippen LogP contribution in [0.2, 0.25) is 0 Å². The van der Waals surface area contributed by atoms with Crippen molar-refractivity contribution < 1.29 is 23.4 Å². The summed E-state index contributed by atoms with van der Waals surface area (Å²) in [5.74, 6) is -1.73. The van der Waals surface area contributed by atoms with Crippen LogP contribution in [0.15, 0.2) is 42.0 Å². The van der Waals surface area contributed by atoms with Crippen LogP contribution < -0.4 is 0 Å². The highest BCUT2D eigenvalue weighted by Gasteiger charge is 2.29. The predicted molar refractivity (Wildman–Crippen MR) is 108 cm³/mol. The van der Waals surface area contributed by atoms with E-state index in [-0.39, 0.29) is 40.7 Å². The fourth-order valence-electron chi connectivity index (χ4n) is 3.70. The van der Waals surface area contributed by atoms with Crippen molar-refractivity contribution in [2.45, 2.75) is 44.5 Å². The number of ether oxygens (including phenoxy) is 1. The van der Waals surface area contributed by atoms with Crippen LogP contribution >= 0.6 is 11.3 Å². The number of hydrogen-bond donors (Lipinski definition) is 1. The maximum absolute atomic E-state index is 14.0. The first kappa shape index (κ1) is 20.7. The van der Waals surface area contributed by atoms with Crippen molar-refractivity contribution in [3.63, 3.8) is 0 Å². The molecule has 0 bridgehead atoms. The van der Waals surface area contributed by atoms with Crippen molar-refractivity contribution >= 4 is 17.1 Å². The standard InChI is InChI=1S/C22H20F2N2O3S/c1-12-7-14(27)9-20(29-12)15-5-6-25-10-13(15)8-19(28)18-11-30-22(26-18)21-16(23)3-2-4-17(21)24/h2-6,10-12,14,20,27H,7-9H2,1H3/t12-,14+,20-/m0/s1. The SMILES string of the molecule is C[C@H]1C[C@@H](O)C[C@@H](c2ccncc2CC(=O)c2csc(-c3c(F)cccc3F)n2)O1. The third-order valence-corrected chi connectivity index (χ3v) is 5.95. The molecule has 1 fully saturated rings. The number of Topliss-reactive ketones (excluding diaryl/α,β-unsaturated/α-hetero) is 1. The van der Waals surface area contributed by atoms with Gasteiger partial charge in [0.25, 0.3) is 0 Å². The van der Waals surface area contributed by atoms with E-state index in [0.29, 0.717) is 18.4 Å². The zero-order chi connectivity index (χ0) is 21.3. The van der Waals surface area contributed by atoms with Gasteiger partial charge >= 0.3 is 0 Å². The molecule has 4 rings (SSSR count). The number of carbonyl (C=O) groups excluding carboxylic acids is 1. The minimum Gasteiger partial charge on any atom is -0.393 e. The zero-order valence-electron chi connectivity index (χ0n) is 16.2. The van der Waals surface area contributed by atoms with E-state index in [2.05, 4.69) is 9.97 Å².